The lowest BCUT2D eigenvalue weighted by Gasteiger charge is -2.38. The van der Waals surface area contributed by atoms with E-state index in [0.717, 1.165) is 11.4 Å². The lowest BCUT2D eigenvalue weighted by molar-refractivity contribution is -0.389. The Hall–Kier alpha value is -4.38. The van der Waals surface area contributed by atoms with Crippen LogP contribution in [0.25, 0.3) is 0 Å². The molecule has 0 radical (unpaired) electrons. The highest BCUT2D eigenvalue weighted by atomic mass is 19.4. The van der Waals surface area contributed by atoms with Gasteiger partial charge in [-0.3, -0.25) is 4.57 Å². The van der Waals surface area contributed by atoms with Crippen molar-refractivity contribution in [1.82, 2.24) is 19.9 Å². The number of alkyl halides is 3. The monoisotopic (exact) mass is 543 g/mol. The molecule has 4 heterocycles. The number of piperidine rings is 1. The van der Waals surface area contributed by atoms with E-state index >= 15 is 0 Å². The van der Waals surface area contributed by atoms with Crippen molar-refractivity contribution in [2.45, 2.75) is 43.8 Å². The molecule has 14 heteroatoms. The van der Waals surface area contributed by atoms with E-state index < -0.39 is 16.7 Å². The zero-order chi connectivity index (χ0) is 27.6. The number of hydrogen-bond donors (Lipinski definition) is 1. The molecular weight excluding hydrogens is 519 g/mol. The van der Waals surface area contributed by atoms with Gasteiger partial charge in [0.1, 0.15) is 24.4 Å². The maximum atomic E-state index is 12.5. The number of ether oxygens (including phenoxy) is 2. The van der Waals surface area contributed by atoms with E-state index in [9.17, 15) is 28.5 Å². The van der Waals surface area contributed by atoms with Crippen molar-refractivity contribution in [3.8, 4) is 17.8 Å². The molecule has 1 N–H and O–H groups in total. The van der Waals surface area contributed by atoms with Crippen molar-refractivity contribution >= 4 is 11.6 Å². The number of imidazole rings is 1. The van der Waals surface area contributed by atoms with Crippen LogP contribution in [0, 0.1) is 21.4 Å². The Balaban J connectivity index is 1.14. The Morgan fingerprint density at radius 1 is 1.23 bits per heavy atom. The molecule has 0 unspecified atom stereocenters. The van der Waals surface area contributed by atoms with Gasteiger partial charge in [0.05, 0.1) is 17.5 Å². The predicted octanol–water partition coefficient (Wildman–Crippen LogP) is 3.70. The van der Waals surface area contributed by atoms with Crippen LogP contribution in [-0.2, 0) is 18.5 Å². The average molecular weight is 544 g/mol. The van der Waals surface area contributed by atoms with Crippen molar-refractivity contribution in [2.24, 2.45) is 0 Å². The van der Waals surface area contributed by atoms with Crippen molar-refractivity contribution in [2.75, 3.05) is 24.6 Å². The third-order valence-electron chi connectivity index (χ3n) is 6.94. The first kappa shape index (κ1) is 26.2. The lowest BCUT2D eigenvalue weighted by atomic mass is 9.74. The molecule has 0 bridgehead atoms. The fourth-order valence-corrected chi connectivity index (χ4v) is 4.84. The summed E-state index contributed by atoms with van der Waals surface area (Å²) >= 11 is 0. The fourth-order valence-electron chi connectivity index (χ4n) is 4.84. The molecule has 0 amide bonds. The van der Waals surface area contributed by atoms with Gasteiger partial charge in [0, 0.05) is 37.4 Å². The first-order chi connectivity index (χ1) is 18.6. The minimum absolute atomic E-state index is 0.0544. The van der Waals surface area contributed by atoms with Gasteiger partial charge in [-0.1, -0.05) is 18.2 Å². The molecule has 1 saturated heterocycles. The highest BCUT2D eigenvalue weighted by molar-refractivity contribution is 5.44. The molecule has 1 fully saturated rings. The molecule has 2 aliphatic rings. The Labute approximate surface area is 220 Å². The second kappa shape index (κ2) is 10.4. The summed E-state index contributed by atoms with van der Waals surface area (Å²) in [7, 11) is 0. The third kappa shape index (κ3) is 5.88. The zero-order valence-electron chi connectivity index (χ0n) is 20.6. The van der Waals surface area contributed by atoms with Gasteiger partial charge >= 0.3 is 18.2 Å². The number of rotatable bonds is 7. The number of halogens is 3. The van der Waals surface area contributed by atoms with Gasteiger partial charge in [-0.25, -0.2) is 4.98 Å². The summed E-state index contributed by atoms with van der Waals surface area (Å²) in [6.45, 7) is 2.49. The van der Waals surface area contributed by atoms with E-state index in [-0.39, 0.29) is 23.6 Å². The Bertz CT molecular complexity index is 1360. The number of benzene rings is 1. The molecule has 2 aliphatic heterocycles. The summed E-state index contributed by atoms with van der Waals surface area (Å²) in [5, 5.41) is 24.2. The van der Waals surface area contributed by atoms with E-state index in [2.05, 4.69) is 31.0 Å². The zero-order valence-corrected chi connectivity index (χ0v) is 20.6. The minimum Gasteiger partial charge on any atom is -0.444 e. The molecule has 204 valence electrons. The first-order valence-corrected chi connectivity index (χ1v) is 12.2. The Morgan fingerprint density at radius 2 is 1.97 bits per heavy atom. The van der Waals surface area contributed by atoms with Crippen molar-refractivity contribution in [3.63, 3.8) is 0 Å². The van der Waals surface area contributed by atoms with Gasteiger partial charge in [-0.15, -0.1) is 13.2 Å². The molecule has 2 aromatic heterocycles. The number of anilines is 1. The Morgan fingerprint density at radius 3 is 2.59 bits per heavy atom. The largest absolute Gasteiger partial charge is 0.573 e. The van der Waals surface area contributed by atoms with Crippen LogP contribution in [-0.4, -0.2) is 51.6 Å². The maximum absolute atomic E-state index is 12.5. The number of nitriles is 1. The average Bonchev–Trinajstić information content (AvgIpc) is 3.36. The molecule has 0 spiro atoms. The van der Waals surface area contributed by atoms with E-state index in [1.807, 2.05) is 12.1 Å². The number of aromatic nitrogens is 3. The van der Waals surface area contributed by atoms with E-state index in [1.165, 1.54) is 30.5 Å². The topological polar surface area (TPSA) is 131 Å². The molecule has 0 saturated carbocycles. The fraction of sp³-hybridized carbons (Fsp3) is 0.400. The SMILES string of the molecule is N#CC1(c2ccc(OC(F)(F)F)cc2)CCN(c2ccc(CN[C@@H]3COc4nc([N+](=O)[O-])cn4C3)cn2)CC1. The summed E-state index contributed by atoms with van der Waals surface area (Å²) in [6.07, 6.45) is -0.631. The lowest BCUT2D eigenvalue weighted by Crippen LogP contribution is -2.42. The second-order valence-electron chi connectivity index (χ2n) is 9.46. The van der Waals surface area contributed by atoms with Gasteiger partial charge < -0.3 is 29.8 Å². The smallest absolute Gasteiger partial charge is 0.444 e. The molecule has 5 rings (SSSR count). The number of hydrogen-bond acceptors (Lipinski definition) is 9. The first-order valence-electron chi connectivity index (χ1n) is 12.2. The quantitative estimate of drug-likeness (QED) is 0.350. The highest BCUT2D eigenvalue weighted by Gasteiger charge is 2.37. The van der Waals surface area contributed by atoms with Gasteiger partial charge in [0.15, 0.2) is 0 Å². The van der Waals surface area contributed by atoms with E-state index in [4.69, 9.17) is 4.74 Å². The summed E-state index contributed by atoms with van der Waals surface area (Å²) in [6, 6.07) is 11.9. The van der Waals surface area contributed by atoms with E-state index in [0.29, 0.717) is 51.2 Å². The van der Waals surface area contributed by atoms with Gasteiger partial charge in [0.25, 0.3) is 0 Å². The molecular formula is C25H24F3N7O4. The van der Waals surface area contributed by atoms with Crippen LogP contribution >= 0.6 is 0 Å². The second-order valence-corrected chi connectivity index (χ2v) is 9.46. The van der Waals surface area contributed by atoms with Crippen LogP contribution in [0.1, 0.15) is 24.0 Å². The highest BCUT2D eigenvalue weighted by Crippen LogP contribution is 2.37. The minimum atomic E-state index is -4.77. The number of nitrogens with one attached hydrogen (secondary N) is 1. The summed E-state index contributed by atoms with van der Waals surface area (Å²) in [4.78, 5) is 20.9. The van der Waals surface area contributed by atoms with Crippen LogP contribution in [0.2, 0.25) is 0 Å². The molecule has 39 heavy (non-hydrogen) atoms. The van der Waals surface area contributed by atoms with Crippen molar-refractivity contribution < 1.29 is 27.6 Å². The summed E-state index contributed by atoms with van der Waals surface area (Å²) < 4.78 is 48.4. The number of fused-ring (bicyclic) bond motifs is 1. The number of nitrogens with zero attached hydrogens (tertiary/aromatic N) is 6. The van der Waals surface area contributed by atoms with Crippen molar-refractivity contribution in [3.05, 3.63) is 70.0 Å². The van der Waals surface area contributed by atoms with Gasteiger partial charge in [-0.05, 0) is 47.1 Å². The molecule has 1 atom stereocenters. The number of nitro groups is 1. The maximum Gasteiger partial charge on any atom is 0.573 e. The van der Waals surface area contributed by atoms with Crippen LogP contribution in [0.5, 0.6) is 11.8 Å². The molecule has 1 aromatic carbocycles. The standard InChI is InChI=1S/C25H24F3N7O4/c26-25(27,28)39-20-4-2-18(3-5-20)24(16-29)7-9-33(10-8-24)21-6-1-17(12-31-21)11-30-19-13-34-14-22(35(36)37)32-23(34)38-15-19/h1-6,12,14,19,30H,7-11,13,15H2/t19-/m0/s1. The molecule has 11 nitrogen and oxygen atoms in total. The number of pyridine rings is 1. The van der Waals surface area contributed by atoms with Crippen LogP contribution < -0.4 is 19.7 Å². The van der Waals surface area contributed by atoms with Crippen LogP contribution in [0.15, 0.2) is 48.8 Å². The third-order valence-corrected chi connectivity index (χ3v) is 6.94. The Kier molecular flexibility index (Phi) is 7.00. The van der Waals surface area contributed by atoms with Crippen LogP contribution in [0.3, 0.4) is 0 Å². The van der Waals surface area contributed by atoms with Gasteiger partial charge in [-0.2, -0.15) is 5.26 Å². The summed E-state index contributed by atoms with van der Waals surface area (Å²) in [5.74, 6) is 0.209. The van der Waals surface area contributed by atoms with Crippen molar-refractivity contribution in [1.29, 1.82) is 5.26 Å². The normalized spacial score (nSPS) is 18.5. The molecule has 0 aliphatic carbocycles. The molecule has 3 aromatic rings. The van der Waals surface area contributed by atoms with Crippen LogP contribution in [0.4, 0.5) is 24.8 Å². The van der Waals surface area contributed by atoms with E-state index in [1.54, 1.807) is 10.8 Å². The predicted molar refractivity (Wildman–Crippen MR) is 131 cm³/mol. The summed E-state index contributed by atoms with van der Waals surface area (Å²) in [5.41, 5.74) is 0.817. The van der Waals surface area contributed by atoms with Gasteiger partial charge in [0.2, 0.25) is 0 Å².